The van der Waals surface area contributed by atoms with Crippen molar-refractivity contribution in [2.75, 3.05) is 34.3 Å². The summed E-state index contributed by atoms with van der Waals surface area (Å²) in [5, 5.41) is 10.8. The minimum Gasteiger partial charge on any atom is -0.504 e. The molecule has 4 aromatic carbocycles. The van der Waals surface area contributed by atoms with Crippen LogP contribution in [0, 0.1) is 0 Å². The van der Waals surface area contributed by atoms with Crippen LogP contribution in [0.15, 0.2) is 60.7 Å². The van der Waals surface area contributed by atoms with Crippen LogP contribution in [-0.4, -0.2) is 49.2 Å². The number of rotatable bonds is 2. The summed E-state index contributed by atoms with van der Waals surface area (Å²) in [5.74, 6) is 4.90. The highest BCUT2D eigenvalue weighted by Crippen LogP contribution is 2.57. The summed E-state index contributed by atoms with van der Waals surface area (Å²) >= 11 is 0. The smallest absolute Gasteiger partial charge is 0.212 e. The van der Waals surface area contributed by atoms with Gasteiger partial charge in [-0.3, -0.25) is 9.80 Å². The van der Waals surface area contributed by atoms with Crippen LogP contribution in [-0.2, 0) is 31.2 Å². The van der Waals surface area contributed by atoms with Gasteiger partial charge in [-0.05, 0) is 116 Å². The largest absolute Gasteiger partial charge is 0.504 e. The molecule has 0 radical (unpaired) electrons. The first-order valence-corrected chi connectivity index (χ1v) is 15.6. The molecule has 0 saturated carbocycles. The Morgan fingerprint density at radius 2 is 1.59 bits per heavy atom. The van der Waals surface area contributed by atoms with Crippen LogP contribution in [0.25, 0.3) is 0 Å². The molecule has 0 spiro atoms. The summed E-state index contributed by atoms with van der Waals surface area (Å²) in [5.41, 5.74) is 6.95. The Morgan fingerprint density at radius 1 is 0.841 bits per heavy atom. The van der Waals surface area contributed by atoms with Gasteiger partial charge in [0.2, 0.25) is 5.75 Å². The minimum atomic E-state index is -0.274. The van der Waals surface area contributed by atoms with Crippen LogP contribution in [0.5, 0.6) is 46.0 Å². The summed E-state index contributed by atoms with van der Waals surface area (Å²) in [6.45, 7) is 4.12. The zero-order valence-corrected chi connectivity index (χ0v) is 25.8. The third kappa shape index (κ3) is 4.17. The number of hydrogen-bond donors (Lipinski definition) is 1. The zero-order chi connectivity index (χ0) is 30.2. The Labute approximate surface area is 258 Å². The Kier molecular flexibility index (Phi) is 6.33. The summed E-state index contributed by atoms with van der Waals surface area (Å²) in [6.07, 6.45) is 4.29. The maximum Gasteiger partial charge on any atom is 0.212 e. The Bertz CT molecular complexity index is 1780. The van der Waals surface area contributed by atoms with Crippen molar-refractivity contribution in [1.82, 2.24) is 9.80 Å². The highest BCUT2D eigenvalue weighted by atomic mass is 16.6. The lowest BCUT2D eigenvalue weighted by atomic mass is 9.75. The van der Waals surface area contributed by atoms with E-state index in [4.69, 9.17) is 18.9 Å². The number of phenolic OH excluding ortho intramolecular Hbond substituents is 1. The molecule has 44 heavy (non-hydrogen) atoms. The van der Waals surface area contributed by atoms with Crippen LogP contribution in [0.4, 0.5) is 0 Å². The molecule has 7 bridgehead atoms. The van der Waals surface area contributed by atoms with E-state index in [0.29, 0.717) is 23.0 Å². The molecular weight excluding hydrogens is 552 g/mol. The van der Waals surface area contributed by atoms with Gasteiger partial charge in [0.15, 0.2) is 34.5 Å². The third-order valence-corrected chi connectivity index (χ3v) is 10.4. The van der Waals surface area contributed by atoms with Gasteiger partial charge >= 0.3 is 0 Å². The van der Waals surface area contributed by atoms with Gasteiger partial charge in [-0.25, -0.2) is 0 Å². The monoisotopic (exact) mass is 590 g/mol. The molecular formula is C37H38N2O5. The predicted octanol–water partition coefficient (Wildman–Crippen LogP) is 7.51. The summed E-state index contributed by atoms with van der Waals surface area (Å²) in [6, 6.07) is 20.6. The third-order valence-electron chi connectivity index (χ3n) is 10.4. The molecule has 0 saturated heterocycles. The second kappa shape index (κ2) is 10.2. The molecule has 0 amide bonds. The van der Waals surface area contributed by atoms with Crippen molar-refractivity contribution in [2.24, 2.45) is 0 Å². The van der Waals surface area contributed by atoms with E-state index in [2.05, 4.69) is 61.2 Å². The number of benzene rings is 4. The lowest BCUT2D eigenvalue weighted by Crippen LogP contribution is -2.49. The van der Waals surface area contributed by atoms with Crippen molar-refractivity contribution in [1.29, 1.82) is 0 Å². The number of likely N-dealkylation sites (N-methyl/N-ethyl adjacent to an activating group) is 2. The van der Waals surface area contributed by atoms with Gasteiger partial charge < -0.3 is 24.1 Å². The maximum absolute atomic E-state index is 10.8. The van der Waals surface area contributed by atoms with Crippen molar-refractivity contribution >= 4 is 0 Å². The normalized spacial score (nSPS) is 22.0. The van der Waals surface area contributed by atoms with E-state index in [1.54, 1.807) is 13.2 Å². The fraction of sp³-hybridized carbons (Fsp3) is 0.351. The number of nitrogens with zero attached hydrogens (tertiary/aromatic N) is 2. The van der Waals surface area contributed by atoms with Crippen molar-refractivity contribution in [3.05, 3.63) is 94.0 Å². The molecule has 7 heteroatoms. The first-order chi connectivity index (χ1) is 21.4. The van der Waals surface area contributed by atoms with Gasteiger partial charge in [0.25, 0.3) is 0 Å². The molecule has 1 N–H and O–H groups in total. The van der Waals surface area contributed by atoms with Gasteiger partial charge in [0.05, 0.1) is 7.11 Å². The molecule has 0 unspecified atom stereocenters. The molecule has 2 atom stereocenters. The average molecular weight is 591 g/mol. The van der Waals surface area contributed by atoms with Crippen LogP contribution in [0.1, 0.15) is 52.8 Å². The number of hydrogen-bond acceptors (Lipinski definition) is 7. The quantitative estimate of drug-likeness (QED) is 0.228. The Morgan fingerprint density at radius 3 is 2.39 bits per heavy atom. The molecule has 7 nitrogen and oxygen atoms in total. The van der Waals surface area contributed by atoms with Crippen LogP contribution in [0.2, 0.25) is 0 Å². The van der Waals surface area contributed by atoms with E-state index >= 15 is 0 Å². The predicted molar refractivity (Wildman–Crippen MR) is 169 cm³/mol. The lowest BCUT2D eigenvalue weighted by molar-refractivity contribution is 0.0980. The molecule has 0 aliphatic carbocycles. The van der Waals surface area contributed by atoms with Gasteiger partial charge in [-0.15, -0.1) is 0 Å². The molecule has 0 aromatic heterocycles. The number of ether oxygens (including phenoxy) is 4. The average Bonchev–Trinajstić information content (AvgIpc) is 3.03. The van der Waals surface area contributed by atoms with Crippen LogP contribution >= 0.6 is 0 Å². The van der Waals surface area contributed by atoms with Crippen molar-refractivity contribution in [2.45, 2.75) is 50.6 Å². The summed E-state index contributed by atoms with van der Waals surface area (Å²) < 4.78 is 25.9. The minimum absolute atomic E-state index is 0.0911. The first-order valence-electron chi connectivity index (χ1n) is 15.6. The molecule has 226 valence electrons. The number of phenols is 1. The van der Waals surface area contributed by atoms with E-state index in [1.807, 2.05) is 24.3 Å². The summed E-state index contributed by atoms with van der Waals surface area (Å²) in [4.78, 5) is 4.88. The highest BCUT2D eigenvalue weighted by Gasteiger charge is 2.42. The molecule has 4 aromatic rings. The van der Waals surface area contributed by atoms with Crippen LogP contribution in [0.3, 0.4) is 0 Å². The van der Waals surface area contributed by atoms with Gasteiger partial charge in [0.1, 0.15) is 5.75 Å². The highest BCUT2D eigenvalue weighted by molar-refractivity contribution is 5.68. The first kappa shape index (κ1) is 27.4. The topological polar surface area (TPSA) is 63.6 Å². The van der Waals surface area contributed by atoms with E-state index < -0.39 is 0 Å². The Balaban J connectivity index is 1.36. The number of methoxy groups -OCH3 is 1. The van der Waals surface area contributed by atoms with Gasteiger partial charge in [-0.2, -0.15) is 0 Å². The fourth-order valence-electron chi connectivity index (χ4n) is 7.81. The fourth-order valence-corrected chi connectivity index (χ4v) is 7.81. The van der Waals surface area contributed by atoms with Crippen molar-refractivity contribution in [3.63, 3.8) is 0 Å². The summed E-state index contributed by atoms with van der Waals surface area (Å²) in [7, 11) is 6.10. The number of aromatic hydroxyl groups is 1. The second-order valence-electron chi connectivity index (χ2n) is 12.7. The molecule has 9 rings (SSSR count). The van der Waals surface area contributed by atoms with Crippen LogP contribution < -0.4 is 18.9 Å². The molecule has 5 heterocycles. The maximum atomic E-state index is 10.8. The molecule has 5 aliphatic rings. The Hall–Kier alpha value is -4.20. The lowest BCUT2D eigenvalue weighted by Gasteiger charge is -2.47. The zero-order valence-electron chi connectivity index (χ0n) is 25.8. The van der Waals surface area contributed by atoms with E-state index in [-0.39, 0.29) is 17.3 Å². The standard InChI is InChI=1S/C37H38N2O5/c1-5-37-21-23-8-11-29(40)30(17-23)42-26-9-6-22(7-10-26)16-28-34-25(12-14-38(28)2)19-33(41-4)35-36(34)44-32-20-27(37)24(13-15-39(37)3)18-31(32)43-35/h6-11,17-20,28,40H,5,12-16,21H2,1-4H3/t28-,37-/m0/s1. The molecule has 5 aliphatic heterocycles. The van der Waals surface area contributed by atoms with Gasteiger partial charge in [-0.1, -0.05) is 25.1 Å². The second-order valence-corrected chi connectivity index (χ2v) is 12.7. The number of fused-ring (bicyclic) bond motifs is 2. The van der Waals surface area contributed by atoms with E-state index in [0.717, 1.165) is 73.6 Å². The van der Waals surface area contributed by atoms with E-state index in [1.165, 1.54) is 22.3 Å². The van der Waals surface area contributed by atoms with Gasteiger partial charge in [0, 0.05) is 30.2 Å². The van der Waals surface area contributed by atoms with E-state index in [9.17, 15) is 5.11 Å². The SMILES string of the molecule is CC[C@]12Cc3ccc(O)c(c3)Oc3ccc(cc3)C[C@H]3c4c(cc(OC)c5c4Oc4cc1c(cc4O5)CCN2C)CCN3C. The molecule has 0 fully saturated rings. The van der Waals surface area contributed by atoms with Crippen molar-refractivity contribution < 1.29 is 24.1 Å². The van der Waals surface area contributed by atoms with Crippen molar-refractivity contribution in [3.8, 4) is 46.0 Å².